The van der Waals surface area contributed by atoms with Gasteiger partial charge in [-0.2, -0.15) is 0 Å². The highest BCUT2D eigenvalue weighted by Gasteiger charge is 2.55. The molecule has 1 aliphatic heterocycles. The fraction of sp³-hybridized carbons (Fsp3) is 1.00. The van der Waals surface area contributed by atoms with Crippen LogP contribution in [0.4, 0.5) is 0 Å². The average molecular weight is 169 g/mol. The second-order valence-corrected chi connectivity index (χ2v) is 6.29. The van der Waals surface area contributed by atoms with Crippen molar-refractivity contribution in [2.75, 3.05) is 7.05 Å². The van der Waals surface area contributed by atoms with Crippen LogP contribution >= 0.6 is 0 Å². The number of hydrogen-bond donors (Lipinski definition) is 0. The van der Waals surface area contributed by atoms with Crippen LogP contribution in [0.15, 0.2) is 0 Å². The molecule has 0 amide bonds. The lowest BCUT2D eigenvalue weighted by Crippen LogP contribution is -2.23. The van der Waals surface area contributed by atoms with E-state index < -0.39 is 0 Å². The summed E-state index contributed by atoms with van der Waals surface area (Å²) < 4.78 is 0. The zero-order valence-electron chi connectivity index (χ0n) is 9.60. The van der Waals surface area contributed by atoms with Crippen LogP contribution in [0.1, 0.15) is 41.5 Å². The molecule has 1 rings (SSSR count). The summed E-state index contributed by atoms with van der Waals surface area (Å²) >= 11 is 0. The van der Waals surface area contributed by atoms with E-state index in [0.717, 1.165) is 12.1 Å². The summed E-state index contributed by atoms with van der Waals surface area (Å²) in [4.78, 5) is 2.50. The topological polar surface area (TPSA) is 3.01 Å². The van der Waals surface area contributed by atoms with Crippen LogP contribution in [0.3, 0.4) is 0 Å². The van der Waals surface area contributed by atoms with Crippen LogP contribution in [0, 0.1) is 10.8 Å². The van der Waals surface area contributed by atoms with E-state index in [4.69, 9.17) is 0 Å². The summed E-state index contributed by atoms with van der Waals surface area (Å²) in [5, 5.41) is 0. The van der Waals surface area contributed by atoms with Gasteiger partial charge in [0.25, 0.3) is 0 Å². The lowest BCUT2D eigenvalue weighted by Gasteiger charge is -2.21. The van der Waals surface area contributed by atoms with Crippen LogP contribution in [0.5, 0.6) is 0 Å². The maximum Gasteiger partial charge on any atom is 0.0305 e. The van der Waals surface area contributed by atoms with E-state index in [9.17, 15) is 0 Å². The molecule has 12 heavy (non-hydrogen) atoms. The van der Waals surface area contributed by atoms with Crippen molar-refractivity contribution in [1.29, 1.82) is 0 Å². The average Bonchev–Trinajstić information content (AvgIpc) is 2.35. The monoisotopic (exact) mass is 169 g/mol. The molecule has 0 N–H and O–H groups in total. The van der Waals surface area contributed by atoms with Crippen LogP contribution in [-0.4, -0.2) is 24.0 Å². The summed E-state index contributed by atoms with van der Waals surface area (Å²) in [6, 6.07) is 1.55. The number of hydrogen-bond acceptors (Lipinski definition) is 1. The predicted molar refractivity (Wildman–Crippen MR) is 54.2 cm³/mol. The highest BCUT2D eigenvalue weighted by atomic mass is 15.3. The molecule has 0 aromatic rings. The highest BCUT2D eigenvalue weighted by Crippen LogP contribution is 2.48. The maximum atomic E-state index is 2.50. The van der Waals surface area contributed by atoms with Gasteiger partial charge in [0.05, 0.1) is 0 Å². The minimum absolute atomic E-state index is 0.437. The number of rotatable bonds is 0. The lowest BCUT2D eigenvalue weighted by atomic mass is 9.81. The molecule has 0 radical (unpaired) electrons. The van der Waals surface area contributed by atoms with Gasteiger partial charge in [-0.25, -0.2) is 0 Å². The summed E-state index contributed by atoms with van der Waals surface area (Å²) in [7, 11) is 2.24. The van der Waals surface area contributed by atoms with E-state index in [1.165, 1.54) is 0 Å². The van der Waals surface area contributed by atoms with Crippen molar-refractivity contribution in [2.24, 2.45) is 10.8 Å². The molecule has 1 nitrogen and oxygen atoms in total. The fourth-order valence-corrected chi connectivity index (χ4v) is 2.51. The first kappa shape index (κ1) is 10.0. The molecule has 1 fully saturated rings. The second-order valence-electron chi connectivity index (χ2n) is 6.29. The van der Waals surface area contributed by atoms with Gasteiger partial charge in [0.1, 0.15) is 0 Å². The van der Waals surface area contributed by atoms with Crippen molar-refractivity contribution in [2.45, 2.75) is 53.6 Å². The molecular weight excluding hydrogens is 146 g/mol. The van der Waals surface area contributed by atoms with E-state index >= 15 is 0 Å². The smallest absolute Gasteiger partial charge is 0.0305 e. The maximum absolute atomic E-state index is 2.50. The van der Waals surface area contributed by atoms with Gasteiger partial charge in [0, 0.05) is 12.1 Å². The summed E-state index contributed by atoms with van der Waals surface area (Å²) in [6.07, 6.45) is 0. The fourth-order valence-electron chi connectivity index (χ4n) is 2.51. The zero-order valence-corrected chi connectivity index (χ0v) is 9.60. The molecule has 1 saturated heterocycles. The van der Waals surface area contributed by atoms with Crippen LogP contribution in [-0.2, 0) is 0 Å². The van der Waals surface area contributed by atoms with E-state index in [0.29, 0.717) is 10.8 Å². The molecule has 0 spiro atoms. The minimum Gasteiger partial charge on any atom is -0.296 e. The predicted octanol–water partition coefficient (Wildman–Crippen LogP) is 2.76. The first-order chi connectivity index (χ1) is 5.15. The van der Waals surface area contributed by atoms with Crippen molar-refractivity contribution in [3.63, 3.8) is 0 Å². The Labute approximate surface area is 77.1 Å². The number of nitrogens with zero attached hydrogens (tertiary/aromatic N) is 1. The van der Waals surface area contributed by atoms with Crippen molar-refractivity contribution in [3.05, 3.63) is 0 Å². The SMILES string of the molecule is CN1C(C(C)(C)C)C1C(C)(C)C. The molecule has 0 aliphatic carbocycles. The van der Waals surface area contributed by atoms with Gasteiger partial charge in [-0.3, -0.25) is 4.90 Å². The Balaban J connectivity index is 2.67. The van der Waals surface area contributed by atoms with Crippen LogP contribution in [0.25, 0.3) is 0 Å². The summed E-state index contributed by atoms with van der Waals surface area (Å²) in [5.74, 6) is 0. The van der Waals surface area contributed by atoms with Crippen molar-refractivity contribution < 1.29 is 0 Å². The molecule has 1 heteroatoms. The Morgan fingerprint density at radius 2 is 1.00 bits per heavy atom. The van der Waals surface area contributed by atoms with E-state index in [1.807, 2.05) is 0 Å². The molecule has 0 bridgehead atoms. The third-order valence-electron chi connectivity index (χ3n) is 2.86. The largest absolute Gasteiger partial charge is 0.296 e. The van der Waals surface area contributed by atoms with Gasteiger partial charge in [-0.05, 0) is 17.9 Å². The Kier molecular flexibility index (Phi) is 2.07. The Morgan fingerprint density at radius 1 is 0.750 bits per heavy atom. The van der Waals surface area contributed by atoms with Gasteiger partial charge in [0.15, 0.2) is 0 Å². The quantitative estimate of drug-likeness (QED) is 0.504. The lowest BCUT2D eigenvalue weighted by molar-refractivity contribution is 0.335. The molecule has 0 aromatic heterocycles. The van der Waals surface area contributed by atoms with Gasteiger partial charge >= 0.3 is 0 Å². The molecule has 72 valence electrons. The Hall–Kier alpha value is -0.0400. The minimum atomic E-state index is 0.437. The molecule has 1 aliphatic rings. The first-order valence-electron chi connectivity index (χ1n) is 4.87. The third-order valence-corrected chi connectivity index (χ3v) is 2.86. The summed E-state index contributed by atoms with van der Waals surface area (Å²) in [6.45, 7) is 14.0. The molecule has 2 unspecified atom stereocenters. The number of likely N-dealkylation sites (N-methyl/N-ethyl adjacent to an activating group) is 1. The molecule has 1 heterocycles. The zero-order chi connectivity index (χ0) is 9.73. The molecular formula is C11H23N. The Bertz CT molecular complexity index is 150. The van der Waals surface area contributed by atoms with E-state index in [2.05, 4.69) is 53.5 Å². The van der Waals surface area contributed by atoms with Gasteiger partial charge in [-0.1, -0.05) is 41.5 Å². The van der Waals surface area contributed by atoms with Gasteiger partial charge < -0.3 is 0 Å². The van der Waals surface area contributed by atoms with Crippen LogP contribution in [0.2, 0.25) is 0 Å². The second kappa shape index (κ2) is 2.47. The van der Waals surface area contributed by atoms with E-state index in [1.54, 1.807) is 0 Å². The standard InChI is InChI=1S/C11H23N/c1-10(2,3)8-9(12(8)7)11(4,5)6/h8-9H,1-7H3. The van der Waals surface area contributed by atoms with Gasteiger partial charge in [-0.15, -0.1) is 0 Å². The van der Waals surface area contributed by atoms with Crippen molar-refractivity contribution in [1.82, 2.24) is 4.90 Å². The molecule has 0 aromatic carbocycles. The first-order valence-corrected chi connectivity index (χ1v) is 4.87. The van der Waals surface area contributed by atoms with Gasteiger partial charge in [0.2, 0.25) is 0 Å². The third kappa shape index (κ3) is 1.66. The molecule has 2 atom stereocenters. The van der Waals surface area contributed by atoms with E-state index in [-0.39, 0.29) is 0 Å². The van der Waals surface area contributed by atoms with Crippen molar-refractivity contribution in [3.8, 4) is 0 Å². The highest BCUT2D eigenvalue weighted by molar-refractivity contribution is 5.10. The summed E-state index contributed by atoms with van der Waals surface area (Å²) in [5.41, 5.74) is 0.874. The Morgan fingerprint density at radius 3 is 1.08 bits per heavy atom. The van der Waals surface area contributed by atoms with Crippen molar-refractivity contribution >= 4 is 0 Å². The molecule has 0 saturated carbocycles. The van der Waals surface area contributed by atoms with Crippen LogP contribution < -0.4 is 0 Å². The normalized spacial score (nSPS) is 36.8.